The molecule has 200 valence electrons. The first-order chi connectivity index (χ1) is 18.9. The minimum Gasteiger partial charge on any atom is -0.358 e. The number of likely N-dealkylation sites (N-methyl/N-ethyl adjacent to an activating group) is 1. The fourth-order valence-electron chi connectivity index (χ4n) is 4.89. The molecule has 0 fully saturated rings. The van der Waals surface area contributed by atoms with Gasteiger partial charge in [0.1, 0.15) is 6.33 Å². The topological polar surface area (TPSA) is 121 Å². The van der Waals surface area contributed by atoms with Crippen LogP contribution in [-0.2, 0) is 4.79 Å². The highest BCUT2D eigenvalue weighted by atomic mass is 16.2. The maximum absolute atomic E-state index is 13.0. The Morgan fingerprint density at radius 2 is 1.97 bits per heavy atom. The van der Waals surface area contributed by atoms with E-state index in [0.717, 1.165) is 59.0 Å². The Kier molecular flexibility index (Phi) is 7.38. The molecule has 0 spiro atoms. The third-order valence-electron chi connectivity index (χ3n) is 7.12. The van der Waals surface area contributed by atoms with Gasteiger partial charge >= 0.3 is 0 Å². The van der Waals surface area contributed by atoms with Crippen LogP contribution in [0, 0.1) is 13.8 Å². The number of nitrogens with one attached hydrogen (secondary N) is 3. The smallest absolute Gasteiger partial charge is 0.256 e. The van der Waals surface area contributed by atoms with Crippen LogP contribution in [-0.4, -0.2) is 67.6 Å². The highest BCUT2D eigenvalue weighted by Gasteiger charge is 2.26. The monoisotopic (exact) mass is 524 g/mol. The van der Waals surface area contributed by atoms with Crippen molar-refractivity contribution in [3.63, 3.8) is 0 Å². The molecule has 3 aromatic heterocycles. The highest BCUT2D eigenvalue weighted by molar-refractivity contribution is 6.35. The van der Waals surface area contributed by atoms with E-state index in [4.69, 9.17) is 0 Å². The summed E-state index contributed by atoms with van der Waals surface area (Å²) in [7, 11) is 0. The summed E-state index contributed by atoms with van der Waals surface area (Å²) in [6, 6.07) is 7.61. The van der Waals surface area contributed by atoms with Crippen LogP contribution in [0.4, 0.5) is 5.69 Å². The van der Waals surface area contributed by atoms with E-state index in [9.17, 15) is 9.59 Å². The Labute approximate surface area is 227 Å². The van der Waals surface area contributed by atoms with Crippen LogP contribution in [0.2, 0.25) is 0 Å². The summed E-state index contributed by atoms with van der Waals surface area (Å²) in [6.45, 7) is 11.3. The van der Waals surface area contributed by atoms with Crippen molar-refractivity contribution in [2.75, 3.05) is 31.5 Å². The van der Waals surface area contributed by atoms with Crippen molar-refractivity contribution in [2.24, 2.45) is 0 Å². The minimum absolute atomic E-state index is 0.114. The number of carbonyl (C=O) groups is 2. The van der Waals surface area contributed by atoms with E-state index < -0.39 is 0 Å². The largest absolute Gasteiger partial charge is 0.358 e. The average molecular weight is 525 g/mol. The standard InChI is InChI=1S/C29H32N8O2/c1-5-36(6-2)12-11-31-29(39)27-18(3)25(34-19(27)4)14-23-22-13-20(7-8-24(22)35-28(23)38)21-15-33-37(16-21)26-9-10-30-17-32-26/h7-10,13-17,34H,5-6,11-12H2,1-4H3,(H,31,39)(H,35,38)/b23-14-. The van der Waals surface area contributed by atoms with Gasteiger partial charge in [0.15, 0.2) is 5.82 Å². The summed E-state index contributed by atoms with van der Waals surface area (Å²) in [4.78, 5) is 39.7. The number of rotatable bonds is 9. The number of aryl methyl sites for hydroxylation is 1. The number of hydrogen-bond donors (Lipinski definition) is 3. The number of fused-ring (bicyclic) bond motifs is 1. The Bertz CT molecular complexity index is 1550. The molecule has 1 aromatic carbocycles. The van der Waals surface area contributed by atoms with Crippen LogP contribution in [0.1, 0.15) is 46.7 Å². The molecule has 0 saturated carbocycles. The first kappa shape index (κ1) is 26.1. The van der Waals surface area contributed by atoms with E-state index in [-0.39, 0.29) is 11.8 Å². The molecule has 1 aliphatic heterocycles. The van der Waals surface area contributed by atoms with Gasteiger partial charge < -0.3 is 20.5 Å². The number of aromatic nitrogens is 5. The molecule has 10 nitrogen and oxygen atoms in total. The lowest BCUT2D eigenvalue weighted by atomic mass is 10.00. The minimum atomic E-state index is -0.185. The predicted molar refractivity (Wildman–Crippen MR) is 151 cm³/mol. The Balaban J connectivity index is 1.41. The summed E-state index contributed by atoms with van der Waals surface area (Å²) in [6.07, 6.45) is 8.62. The second kappa shape index (κ2) is 11.0. The van der Waals surface area contributed by atoms with Gasteiger partial charge in [-0.05, 0) is 56.3 Å². The molecule has 2 amide bonds. The summed E-state index contributed by atoms with van der Waals surface area (Å²) in [5, 5.41) is 10.4. The lowest BCUT2D eigenvalue weighted by molar-refractivity contribution is -0.110. The van der Waals surface area contributed by atoms with Gasteiger partial charge in [0.05, 0.1) is 17.3 Å². The molecule has 4 heterocycles. The van der Waals surface area contributed by atoms with Crippen molar-refractivity contribution in [3.8, 4) is 16.9 Å². The zero-order valence-corrected chi connectivity index (χ0v) is 22.6. The van der Waals surface area contributed by atoms with E-state index in [2.05, 4.69) is 49.4 Å². The SMILES string of the molecule is CCN(CC)CCNC(=O)c1c(C)[nH]c(/C=C2\C(=O)Nc3ccc(-c4cnn(-c5ccncn5)c4)cc32)c1C. The average Bonchev–Trinajstić information content (AvgIpc) is 3.63. The zero-order chi connectivity index (χ0) is 27.5. The number of nitrogens with zero attached hydrogens (tertiary/aromatic N) is 5. The van der Waals surface area contributed by atoms with E-state index >= 15 is 0 Å². The Hall–Kier alpha value is -4.57. The molecule has 0 bridgehead atoms. The second-order valence-electron chi connectivity index (χ2n) is 9.46. The Morgan fingerprint density at radius 3 is 2.72 bits per heavy atom. The van der Waals surface area contributed by atoms with Crippen molar-refractivity contribution < 1.29 is 9.59 Å². The van der Waals surface area contributed by atoms with Crippen molar-refractivity contribution in [3.05, 3.63) is 77.3 Å². The van der Waals surface area contributed by atoms with Gasteiger partial charge in [-0.2, -0.15) is 5.10 Å². The second-order valence-corrected chi connectivity index (χ2v) is 9.46. The number of H-pyrrole nitrogens is 1. The van der Waals surface area contributed by atoms with Gasteiger partial charge in [0, 0.05) is 59.8 Å². The molecule has 0 radical (unpaired) electrons. The third kappa shape index (κ3) is 5.23. The lowest BCUT2D eigenvalue weighted by Crippen LogP contribution is -2.35. The number of hydrogen-bond acceptors (Lipinski definition) is 6. The van der Waals surface area contributed by atoms with Crippen LogP contribution >= 0.6 is 0 Å². The molecule has 5 rings (SSSR count). The molecule has 39 heavy (non-hydrogen) atoms. The van der Waals surface area contributed by atoms with E-state index in [1.54, 1.807) is 23.1 Å². The van der Waals surface area contributed by atoms with Gasteiger partial charge in [-0.15, -0.1) is 0 Å². The van der Waals surface area contributed by atoms with Gasteiger partial charge in [-0.1, -0.05) is 19.9 Å². The van der Waals surface area contributed by atoms with Gasteiger partial charge in [0.2, 0.25) is 0 Å². The van der Waals surface area contributed by atoms with Crippen LogP contribution < -0.4 is 10.6 Å². The molecular formula is C29H32N8O2. The van der Waals surface area contributed by atoms with Crippen LogP contribution in [0.25, 0.3) is 28.6 Å². The zero-order valence-electron chi connectivity index (χ0n) is 22.6. The lowest BCUT2D eigenvalue weighted by Gasteiger charge is -2.18. The van der Waals surface area contributed by atoms with Crippen LogP contribution in [0.3, 0.4) is 0 Å². The molecule has 0 aliphatic carbocycles. The number of anilines is 1. The van der Waals surface area contributed by atoms with Gasteiger partial charge in [-0.3, -0.25) is 9.59 Å². The van der Waals surface area contributed by atoms with Gasteiger partial charge in [-0.25, -0.2) is 14.6 Å². The van der Waals surface area contributed by atoms with Crippen molar-refractivity contribution in [1.29, 1.82) is 0 Å². The predicted octanol–water partition coefficient (Wildman–Crippen LogP) is 3.84. The highest BCUT2D eigenvalue weighted by Crippen LogP contribution is 2.37. The summed E-state index contributed by atoms with van der Waals surface area (Å²) < 4.78 is 1.68. The number of benzene rings is 1. The molecule has 0 unspecified atom stereocenters. The quantitative estimate of drug-likeness (QED) is 0.286. The Morgan fingerprint density at radius 1 is 1.15 bits per heavy atom. The maximum Gasteiger partial charge on any atom is 0.256 e. The number of carbonyl (C=O) groups excluding carboxylic acids is 2. The summed E-state index contributed by atoms with van der Waals surface area (Å²) >= 11 is 0. The molecule has 4 aromatic rings. The molecule has 0 atom stereocenters. The first-order valence-electron chi connectivity index (χ1n) is 13.1. The van der Waals surface area contributed by atoms with Gasteiger partial charge in [0.25, 0.3) is 11.8 Å². The fourth-order valence-corrected chi connectivity index (χ4v) is 4.89. The third-order valence-corrected chi connectivity index (χ3v) is 7.12. The molecule has 3 N–H and O–H groups in total. The maximum atomic E-state index is 13.0. The number of aromatic amines is 1. The molecule has 1 aliphatic rings. The normalized spacial score (nSPS) is 13.7. The first-order valence-corrected chi connectivity index (χ1v) is 13.1. The van der Waals surface area contributed by atoms with Crippen molar-refractivity contribution in [2.45, 2.75) is 27.7 Å². The van der Waals surface area contributed by atoms with Crippen molar-refractivity contribution in [1.82, 2.24) is 34.9 Å². The van der Waals surface area contributed by atoms with E-state index in [1.165, 1.54) is 6.33 Å². The summed E-state index contributed by atoms with van der Waals surface area (Å²) in [5.74, 6) is 0.369. The van der Waals surface area contributed by atoms with Crippen LogP contribution in [0.15, 0.2) is 49.2 Å². The molecular weight excluding hydrogens is 492 g/mol. The molecule has 0 saturated heterocycles. The fraction of sp³-hybridized carbons (Fsp3) is 0.276. The van der Waals surface area contributed by atoms with E-state index in [0.29, 0.717) is 23.5 Å². The van der Waals surface area contributed by atoms with Crippen molar-refractivity contribution >= 4 is 29.2 Å². The number of amides is 2. The summed E-state index contributed by atoms with van der Waals surface area (Å²) in [5.41, 5.74) is 6.82. The molecule has 10 heteroatoms. The van der Waals surface area contributed by atoms with E-state index in [1.807, 2.05) is 44.3 Å². The van der Waals surface area contributed by atoms with Crippen LogP contribution in [0.5, 0.6) is 0 Å².